The number of pyridine rings is 1. The van der Waals surface area contributed by atoms with Crippen molar-refractivity contribution in [1.29, 1.82) is 0 Å². The first-order valence-corrected chi connectivity index (χ1v) is 11.7. The Morgan fingerprint density at radius 3 is 2.76 bits per heavy atom. The number of aromatic nitrogens is 1. The van der Waals surface area contributed by atoms with Crippen LogP contribution in [0.3, 0.4) is 0 Å². The largest absolute Gasteiger partial charge is 0.497 e. The fourth-order valence-corrected chi connectivity index (χ4v) is 4.81. The summed E-state index contributed by atoms with van der Waals surface area (Å²) >= 11 is 0. The van der Waals surface area contributed by atoms with Crippen molar-refractivity contribution in [2.24, 2.45) is 0 Å². The molecule has 4 amide bonds. The van der Waals surface area contributed by atoms with Gasteiger partial charge in [-0.25, -0.2) is 9.78 Å². The Morgan fingerprint density at radius 2 is 2.00 bits per heavy atom. The van der Waals surface area contributed by atoms with E-state index in [9.17, 15) is 14.4 Å². The number of carbonyl (C=O) groups excluding carboxylic acids is 3. The van der Waals surface area contributed by atoms with Gasteiger partial charge in [-0.2, -0.15) is 0 Å². The molecular formula is C27H23N5O5. The molecule has 0 radical (unpaired) electrons. The minimum atomic E-state index is -1.57. The fourth-order valence-electron chi connectivity index (χ4n) is 4.81. The lowest BCUT2D eigenvalue weighted by molar-refractivity contribution is -0.125. The van der Waals surface area contributed by atoms with E-state index in [4.69, 9.17) is 9.15 Å². The lowest BCUT2D eigenvalue weighted by Crippen LogP contribution is -2.52. The number of nitrogens with zero attached hydrogens (tertiary/aromatic N) is 2. The van der Waals surface area contributed by atoms with E-state index in [1.54, 1.807) is 24.4 Å². The van der Waals surface area contributed by atoms with Crippen molar-refractivity contribution in [2.75, 3.05) is 19.0 Å². The molecule has 0 saturated carbocycles. The molecule has 3 N–H and O–H groups in total. The molecule has 0 bridgehead atoms. The van der Waals surface area contributed by atoms with Crippen LogP contribution in [0.4, 0.5) is 10.6 Å². The van der Waals surface area contributed by atoms with Crippen LogP contribution in [0.1, 0.15) is 27.2 Å². The van der Waals surface area contributed by atoms with Gasteiger partial charge >= 0.3 is 6.03 Å². The molecule has 37 heavy (non-hydrogen) atoms. The number of fused-ring (bicyclic) bond motifs is 2. The second-order valence-electron chi connectivity index (χ2n) is 9.05. The van der Waals surface area contributed by atoms with E-state index in [0.717, 1.165) is 22.3 Å². The maximum absolute atomic E-state index is 13.2. The van der Waals surface area contributed by atoms with Crippen LogP contribution in [-0.4, -0.2) is 41.4 Å². The van der Waals surface area contributed by atoms with E-state index < -0.39 is 17.5 Å². The van der Waals surface area contributed by atoms with Gasteiger partial charge in [0.25, 0.3) is 11.8 Å². The Labute approximate surface area is 211 Å². The summed E-state index contributed by atoms with van der Waals surface area (Å²) in [5.74, 6) is 0.757. The molecular weight excluding hydrogens is 474 g/mol. The number of furan rings is 1. The number of benzene rings is 2. The van der Waals surface area contributed by atoms with Gasteiger partial charge in [-0.15, -0.1) is 0 Å². The predicted molar refractivity (Wildman–Crippen MR) is 134 cm³/mol. The first-order valence-electron chi connectivity index (χ1n) is 11.7. The third kappa shape index (κ3) is 3.92. The maximum Gasteiger partial charge on any atom is 0.322 e. The molecule has 1 atom stereocenters. The highest BCUT2D eigenvalue weighted by molar-refractivity contribution is 6.08. The van der Waals surface area contributed by atoms with Gasteiger partial charge in [0, 0.05) is 30.2 Å². The number of hydrogen-bond acceptors (Lipinski definition) is 7. The second kappa shape index (κ2) is 8.66. The highest BCUT2D eigenvalue weighted by Gasteiger charge is 2.53. The van der Waals surface area contributed by atoms with Crippen LogP contribution in [0, 0.1) is 0 Å². The summed E-state index contributed by atoms with van der Waals surface area (Å²) in [6.45, 7) is 0.751. The number of urea groups is 1. The van der Waals surface area contributed by atoms with E-state index in [1.807, 2.05) is 42.5 Å². The zero-order valence-corrected chi connectivity index (χ0v) is 19.9. The summed E-state index contributed by atoms with van der Waals surface area (Å²) in [5, 5.41) is 9.05. The summed E-state index contributed by atoms with van der Waals surface area (Å²) in [6.07, 6.45) is 1.72. The topological polar surface area (TPSA) is 126 Å². The van der Waals surface area contributed by atoms with E-state index in [-0.39, 0.29) is 18.2 Å². The van der Waals surface area contributed by atoms with Crippen molar-refractivity contribution in [3.8, 4) is 5.75 Å². The third-order valence-corrected chi connectivity index (χ3v) is 6.71. The molecule has 4 heterocycles. The lowest BCUT2D eigenvalue weighted by atomic mass is 9.95. The number of nitrogens with one attached hydrogen (secondary N) is 3. The second-order valence-corrected chi connectivity index (χ2v) is 9.05. The van der Waals surface area contributed by atoms with Gasteiger partial charge in [-0.05, 0) is 53.6 Å². The first kappa shape index (κ1) is 22.6. The van der Waals surface area contributed by atoms with E-state index >= 15 is 0 Å². The number of carbonyl (C=O) groups is 3. The van der Waals surface area contributed by atoms with Crippen molar-refractivity contribution >= 4 is 34.6 Å². The summed E-state index contributed by atoms with van der Waals surface area (Å²) in [4.78, 5) is 44.4. The first-order chi connectivity index (χ1) is 17.9. The number of methoxy groups -OCH3 is 1. The van der Waals surface area contributed by atoms with Crippen molar-refractivity contribution in [2.45, 2.75) is 18.6 Å². The van der Waals surface area contributed by atoms with Crippen LogP contribution < -0.4 is 20.7 Å². The standard InChI is InChI=1S/C27H23N5O5/c1-36-19-7-6-17-14-32(24(33)20(17)12-19)15-27(25(34)30-26(35)31-27)22-11-18-10-16(5-8-21(18)37-22)13-29-23-4-2-3-9-28-23/h2-12H,13-15H2,1H3,(H,28,29)(H2,30,31,34,35). The van der Waals surface area contributed by atoms with Crippen LogP contribution in [0.5, 0.6) is 5.75 Å². The SMILES string of the molecule is COc1ccc2c(c1)C(=O)N(CC1(c3cc4cc(CNc5ccccn5)ccc4o3)NC(=O)NC1=O)C2. The van der Waals surface area contributed by atoms with Crippen molar-refractivity contribution < 1.29 is 23.5 Å². The van der Waals surface area contributed by atoms with Gasteiger partial charge in [0.15, 0.2) is 5.54 Å². The number of amides is 4. The number of rotatable bonds is 7. The minimum absolute atomic E-state index is 0.0890. The van der Waals surface area contributed by atoms with Crippen LogP contribution in [0.15, 0.2) is 71.3 Å². The van der Waals surface area contributed by atoms with Gasteiger partial charge in [-0.1, -0.05) is 18.2 Å². The van der Waals surface area contributed by atoms with Gasteiger partial charge in [-0.3, -0.25) is 14.9 Å². The van der Waals surface area contributed by atoms with E-state index in [2.05, 4.69) is 20.9 Å². The Morgan fingerprint density at radius 1 is 1.11 bits per heavy atom. The molecule has 2 aromatic heterocycles. The Hall–Kier alpha value is -4.86. The highest BCUT2D eigenvalue weighted by atomic mass is 16.5. The zero-order chi connectivity index (χ0) is 25.6. The molecule has 6 rings (SSSR count). The maximum atomic E-state index is 13.2. The molecule has 0 aliphatic carbocycles. The van der Waals surface area contributed by atoms with Gasteiger partial charge in [0.1, 0.15) is 22.9 Å². The predicted octanol–water partition coefficient (Wildman–Crippen LogP) is 3.14. The highest BCUT2D eigenvalue weighted by Crippen LogP contribution is 2.35. The Bertz CT molecular complexity index is 1550. The average Bonchev–Trinajstić information content (AvgIpc) is 3.56. The summed E-state index contributed by atoms with van der Waals surface area (Å²) in [6, 6.07) is 17.7. The number of hydrogen-bond donors (Lipinski definition) is 3. The molecule has 2 aliphatic rings. The van der Waals surface area contributed by atoms with Crippen molar-refractivity contribution in [1.82, 2.24) is 20.5 Å². The van der Waals surface area contributed by atoms with Crippen molar-refractivity contribution in [3.63, 3.8) is 0 Å². The molecule has 1 saturated heterocycles. The van der Waals surface area contributed by atoms with Crippen LogP contribution in [-0.2, 0) is 23.4 Å². The van der Waals surface area contributed by atoms with Crippen LogP contribution in [0.25, 0.3) is 11.0 Å². The third-order valence-electron chi connectivity index (χ3n) is 6.71. The quantitative estimate of drug-likeness (QED) is 0.335. The Kier molecular flexibility index (Phi) is 5.29. The molecule has 1 unspecified atom stereocenters. The summed E-state index contributed by atoms with van der Waals surface area (Å²) in [7, 11) is 1.54. The number of anilines is 1. The molecule has 0 spiro atoms. The van der Waals surface area contributed by atoms with Gasteiger partial charge < -0.3 is 24.7 Å². The normalized spacial score (nSPS) is 18.6. The average molecular weight is 498 g/mol. The zero-order valence-electron chi connectivity index (χ0n) is 19.9. The Balaban J connectivity index is 1.30. The summed E-state index contributed by atoms with van der Waals surface area (Å²) < 4.78 is 11.3. The van der Waals surface area contributed by atoms with Gasteiger partial charge in [0.05, 0.1) is 13.7 Å². The molecule has 10 heteroatoms. The number of ether oxygens (including phenoxy) is 1. The monoisotopic (exact) mass is 497 g/mol. The van der Waals surface area contributed by atoms with Gasteiger partial charge in [0.2, 0.25) is 0 Å². The van der Waals surface area contributed by atoms with Crippen molar-refractivity contribution in [3.05, 3.63) is 89.3 Å². The molecule has 4 aromatic rings. The molecule has 2 aromatic carbocycles. The smallest absolute Gasteiger partial charge is 0.322 e. The minimum Gasteiger partial charge on any atom is -0.497 e. The molecule has 186 valence electrons. The lowest BCUT2D eigenvalue weighted by Gasteiger charge is -2.29. The fraction of sp³-hybridized carbons (Fsp3) is 0.185. The molecule has 10 nitrogen and oxygen atoms in total. The van der Waals surface area contributed by atoms with Crippen LogP contribution in [0.2, 0.25) is 0 Å². The molecule has 2 aliphatic heterocycles. The van der Waals surface area contributed by atoms with Crippen LogP contribution >= 0.6 is 0 Å². The summed E-state index contributed by atoms with van der Waals surface area (Å²) in [5.41, 5.74) is 1.31. The van der Waals surface area contributed by atoms with E-state index in [0.29, 0.717) is 30.0 Å². The number of imide groups is 1. The molecule has 1 fully saturated rings. The van der Waals surface area contributed by atoms with E-state index in [1.165, 1.54) is 12.0 Å².